The summed E-state index contributed by atoms with van der Waals surface area (Å²) < 4.78 is 59.7. The zero-order valence-electron chi connectivity index (χ0n) is 18.5. The molecule has 4 rings (SSSR count). The van der Waals surface area contributed by atoms with Crippen molar-refractivity contribution >= 4 is 23.4 Å². The van der Waals surface area contributed by atoms with Crippen LogP contribution < -0.4 is 9.64 Å². The predicted molar refractivity (Wildman–Crippen MR) is 124 cm³/mol. The maximum atomic E-state index is 13.7. The van der Waals surface area contributed by atoms with Crippen LogP contribution >= 0.6 is 11.8 Å². The van der Waals surface area contributed by atoms with E-state index in [2.05, 4.69) is 4.98 Å². The van der Waals surface area contributed by atoms with Gasteiger partial charge in [-0.25, -0.2) is 4.39 Å². The monoisotopic (exact) mass is 490 g/mol. The quantitative estimate of drug-likeness (QED) is 0.355. The Kier molecular flexibility index (Phi) is 6.84. The number of nitrogens with zero attached hydrogens (tertiary/aromatic N) is 2. The molecule has 4 nitrogen and oxygen atoms in total. The van der Waals surface area contributed by atoms with Gasteiger partial charge in [0.25, 0.3) is 5.91 Å². The minimum Gasteiger partial charge on any atom is -0.496 e. The second-order valence-corrected chi connectivity index (χ2v) is 9.39. The zero-order valence-corrected chi connectivity index (χ0v) is 19.3. The molecule has 0 aliphatic heterocycles. The number of hydrogen-bond acceptors (Lipinski definition) is 4. The van der Waals surface area contributed by atoms with Crippen molar-refractivity contribution in [2.75, 3.05) is 19.1 Å². The number of amides is 1. The third-order valence-corrected chi connectivity index (χ3v) is 7.07. The number of carbonyl (C=O) groups is 1. The molecule has 0 spiro atoms. The number of pyridine rings is 1. The van der Waals surface area contributed by atoms with Crippen molar-refractivity contribution < 1.29 is 27.1 Å². The summed E-state index contributed by atoms with van der Waals surface area (Å²) in [6.07, 6.45) is 1.32. The van der Waals surface area contributed by atoms with Crippen molar-refractivity contribution in [1.82, 2.24) is 4.98 Å². The fourth-order valence-corrected chi connectivity index (χ4v) is 5.05. The highest BCUT2D eigenvalue weighted by atomic mass is 32.2. The van der Waals surface area contributed by atoms with E-state index in [1.54, 1.807) is 6.07 Å². The van der Waals surface area contributed by atoms with Crippen molar-refractivity contribution in [2.24, 2.45) is 0 Å². The summed E-state index contributed by atoms with van der Waals surface area (Å²) in [5.74, 6) is -0.843. The predicted octanol–water partition coefficient (Wildman–Crippen LogP) is 6.84. The number of hydrogen-bond donors (Lipinski definition) is 0. The van der Waals surface area contributed by atoms with Gasteiger partial charge >= 0.3 is 6.18 Å². The Morgan fingerprint density at radius 2 is 1.88 bits per heavy atom. The van der Waals surface area contributed by atoms with E-state index in [0.29, 0.717) is 21.7 Å². The third-order valence-electron chi connectivity index (χ3n) is 5.76. The van der Waals surface area contributed by atoms with Crippen LogP contribution in [0.5, 0.6) is 5.75 Å². The number of thioether (sulfide) groups is 1. The smallest absolute Gasteiger partial charge is 0.416 e. The van der Waals surface area contributed by atoms with Gasteiger partial charge in [0.1, 0.15) is 11.6 Å². The van der Waals surface area contributed by atoms with Gasteiger partial charge in [0.2, 0.25) is 0 Å². The first kappa shape index (κ1) is 24.1. The van der Waals surface area contributed by atoms with Crippen LogP contribution in [0, 0.1) is 5.82 Å². The third kappa shape index (κ3) is 5.04. The van der Waals surface area contributed by atoms with Crippen molar-refractivity contribution in [3.63, 3.8) is 0 Å². The van der Waals surface area contributed by atoms with Gasteiger partial charge in [0, 0.05) is 46.1 Å². The molecule has 1 saturated carbocycles. The van der Waals surface area contributed by atoms with Crippen molar-refractivity contribution in [2.45, 2.75) is 35.6 Å². The lowest BCUT2D eigenvalue weighted by molar-refractivity contribution is -0.137. The van der Waals surface area contributed by atoms with Crippen LogP contribution in [0.15, 0.2) is 59.8 Å². The van der Waals surface area contributed by atoms with Gasteiger partial charge in [-0.15, -0.1) is 11.8 Å². The molecule has 1 aliphatic rings. The Balaban J connectivity index is 1.73. The van der Waals surface area contributed by atoms with Gasteiger partial charge in [-0.2, -0.15) is 13.2 Å². The molecule has 1 aromatic heterocycles. The number of aromatic nitrogens is 1. The first-order valence-corrected chi connectivity index (χ1v) is 11.5. The maximum Gasteiger partial charge on any atom is 0.416 e. The molecule has 1 amide bonds. The number of benzene rings is 2. The molecule has 2 aromatic carbocycles. The van der Waals surface area contributed by atoms with Gasteiger partial charge in [0.05, 0.1) is 24.6 Å². The fraction of sp³-hybridized carbons (Fsp3) is 0.280. The number of methoxy groups -OCH3 is 1. The second-order valence-electron chi connectivity index (χ2n) is 8.02. The van der Waals surface area contributed by atoms with Crippen molar-refractivity contribution in [1.29, 1.82) is 0 Å². The molecule has 1 heterocycles. The summed E-state index contributed by atoms with van der Waals surface area (Å²) in [7, 11) is 2.87. The van der Waals surface area contributed by atoms with E-state index in [1.165, 1.54) is 67.5 Å². The van der Waals surface area contributed by atoms with Crippen LogP contribution in [-0.2, 0) is 6.18 Å². The van der Waals surface area contributed by atoms with Crippen molar-refractivity contribution in [3.8, 4) is 16.9 Å². The molecule has 1 fully saturated rings. The molecule has 0 N–H and O–H groups in total. The van der Waals surface area contributed by atoms with E-state index in [1.807, 2.05) is 0 Å². The van der Waals surface area contributed by atoms with Crippen LogP contribution in [0.2, 0.25) is 0 Å². The summed E-state index contributed by atoms with van der Waals surface area (Å²) in [5.41, 5.74) is 0.466. The second kappa shape index (κ2) is 9.66. The average molecular weight is 491 g/mol. The van der Waals surface area contributed by atoms with E-state index in [4.69, 9.17) is 4.74 Å². The summed E-state index contributed by atoms with van der Waals surface area (Å²) >= 11 is 1.37. The highest BCUT2D eigenvalue weighted by Gasteiger charge is 2.33. The lowest BCUT2D eigenvalue weighted by atomic mass is 10.00. The summed E-state index contributed by atoms with van der Waals surface area (Å²) in [4.78, 5) is 19.1. The summed E-state index contributed by atoms with van der Waals surface area (Å²) in [6, 6.07) is 9.11. The first-order chi connectivity index (χ1) is 16.2. The van der Waals surface area contributed by atoms with E-state index < -0.39 is 23.5 Å². The molecular formula is C25H22F4N2O2S. The van der Waals surface area contributed by atoms with E-state index in [0.717, 1.165) is 31.4 Å². The van der Waals surface area contributed by atoms with Gasteiger partial charge in [0.15, 0.2) is 0 Å². The Morgan fingerprint density at radius 3 is 2.53 bits per heavy atom. The van der Waals surface area contributed by atoms with E-state index in [9.17, 15) is 22.4 Å². The normalized spacial score (nSPS) is 13.9. The number of halogens is 4. The Labute approximate surface area is 198 Å². The Hall–Kier alpha value is -3.07. The molecule has 1 aliphatic carbocycles. The molecule has 3 aromatic rings. The summed E-state index contributed by atoms with van der Waals surface area (Å²) in [5, 5.41) is 0.264. The highest BCUT2D eigenvalue weighted by molar-refractivity contribution is 8.00. The Bertz CT molecular complexity index is 1210. The molecule has 0 unspecified atom stereocenters. The molecule has 0 radical (unpaired) electrons. The van der Waals surface area contributed by atoms with Crippen LogP contribution in [0.3, 0.4) is 0 Å². The number of anilines is 1. The number of alkyl halides is 3. The SMILES string of the molecule is COc1cc(F)ccc1-c1ccncc1N(C)C(=O)c1cc(SC2CCC2)cc(C(F)(F)F)c1. The van der Waals surface area contributed by atoms with Crippen LogP contribution in [0.4, 0.5) is 23.2 Å². The van der Waals surface area contributed by atoms with Crippen LogP contribution in [0.1, 0.15) is 35.2 Å². The minimum atomic E-state index is -4.58. The van der Waals surface area contributed by atoms with Crippen molar-refractivity contribution in [3.05, 3.63) is 71.8 Å². The van der Waals surface area contributed by atoms with Gasteiger partial charge in [-0.1, -0.05) is 6.42 Å². The maximum absolute atomic E-state index is 13.7. The number of rotatable bonds is 6. The van der Waals surface area contributed by atoms with Gasteiger partial charge in [-0.05, 0) is 49.2 Å². The lowest BCUT2D eigenvalue weighted by Gasteiger charge is -2.25. The summed E-state index contributed by atoms with van der Waals surface area (Å²) in [6.45, 7) is 0. The topological polar surface area (TPSA) is 42.4 Å². The molecule has 0 bridgehead atoms. The molecule has 178 valence electrons. The van der Waals surface area contributed by atoms with Crippen LogP contribution in [-0.4, -0.2) is 30.3 Å². The average Bonchev–Trinajstić information content (AvgIpc) is 2.79. The molecule has 0 atom stereocenters. The van der Waals surface area contributed by atoms with E-state index in [-0.39, 0.29) is 16.6 Å². The standard InChI is InChI=1S/C25H22F4N2O2S/c1-31(22-14-30-9-8-20(22)21-7-6-17(26)13-23(21)33-2)24(32)15-10-16(25(27,28)29)12-19(11-15)34-18-4-3-5-18/h6-14,18H,3-5H2,1-2H3. The number of ether oxygens (including phenoxy) is 1. The largest absolute Gasteiger partial charge is 0.496 e. The molecular weight excluding hydrogens is 468 g/mol. The molecule has 9 heteroatoms. The number of carbonyl (C=O) groups excluding carboxylic acids is 1. The Morgan fingerprint density at radius 1 is 1.12 bits per heavy atom. The lowest BCUT2D eigenvalue weighted by Crippen LogP contribution is -2.27. The van der Waals surface area contributed by atoms with Gasteiger partial charge in [-0.3, -0.25) is 9.78 Å². The fourth-order valence-electron chi connectivity index (χ4n) is 3.71. The van der Waals surface area contributed by atoms with Crippen LogP contribution in [0.25, 0.3) is 11.1 Å². The minimum absolute atomic E-state index is 0.0694. The van der Waals surface area contributed by atoms with E-state index >= 15 is 0 Å². The van der Waals surface area contributed by atoms with Gasteiger partial charge < -0.3 is 9.64 Å². The first-order valence-electron chi connectivity index (χ1n) is 10.6. The highest BCUT2D eigenvalue weighted by Crippen LogP contribution is 2.41. The molecule has 34 heavy (non-hydrogen) atoms. The molecule has 0 saturated heterocycles. The zero-order chi connectivity index (χ0) is 24.5.